The maximum absolute atomic E-state index is 12.8. The number of anilines is 1. The molecule has 1 amide bonds. The average molecular weight is 323 g/mol. The number of hydrogen-bond donors (Lipinski definition) is 2. The van der Waals surface area contributed by atoms with Crippen molar-refractivity contribution in [1.29, 1.82) is 0 Å². The summed E-state index contributed by atoms with van der Waals surface area (Å²) < 4.78 is 0. The van der Waals surface area contributed by atoms with Gasteiger partial charge in [-0.05, 0) is 44.4 Å². The van der Waals surface area contributed by atoms with Crippen LogP contribution < -0.4 is 10.6 Å². The van der Waals surface area contributed by atoms with Crippen LogP contribution in [0.4, 0.5) is 5.69 Å². The van der Waals surface area contributed by atoms with Crippen molar-refractivity contribution in [3.8, 4) is 0 Å². The second-order valence-corrected chi connectivity index (χ2v) is 6.32. The number of rotatable bonds is 3. The topological polar surface area (TPSA) is 58.2 Å². The molecule has 1 saturated carbocycles. The molecular weight excluding hydrogens is 300 g/mol. The van der Waals surface area contributed by atoms with Crippen LogP contribution >= 0.6 is 12.4 Å². The molecule has 1 heterocycles. The molecule has 2 N–H and O–H groups in total. The molecule has 4 nitrogen and oxygen atoms in total. The van der Waals surface area contributed by atoms with Gasteiger partial charge in [-0.25, -0.2) is 0 Å². The van der Waals surface area contributed by atoms with Crippen molar-refractivity contribution in [2.24, 2.45) is 11.3 Å². The fourth-order valence-electron chi connectivity index (χ4n) is 3.76. The van der Waals surface area contributed by atoms with Gasteiger partial charge in [0.25, 0.3) is 0 Å². The van der Waals surface area contributed by atoms with Gasteiger partial charge in [0, 0.05) is 17.8 Å². The van der Waals surface area contributed by atoms with E-state index in [1.165, 1.54) is 13.3 Å². The Bertz CT molecular complexity index is 576. The molecule has 1 aromatic rings. The van der Waals surface area contributed by atoms with E-state index in [0.717, 1.165) is 38.0 Å². The van der Waals surface area contributed by atoms with Gasteiger partial charge in [-0.15, -0.1) is 12.4 Å². The Morgan fingerprint density at radius 3 is 2.91 bits per heavy atom. The van der Waals surface area contributed by atoms with E-state index in [1.807, 2.05) is 12.1 Å². The number of benzene rings is 1. The summed E-state index contributed by atoms with van der Waals surface area (Å²) in [5.41, 5.74) is 1.10. The zero-order valence-corrected chi connectivity index (χ0v) is 13.7. The number of halogens is 1. The van der Waals surface area contributed by atoms with Gasteiger partial charge < -0.3 is 10.6 Å². The first-order valence-corrected chi connectivity index (χ1v) is 7.75. The van der Waals surface area contributed by atoms with E-state index in [4.69, 9.17) is 0 Å². The highest BCUT2D eigenvalue weighted by Crippen LogP contribution is 2.44. The highest BCUT2D eigenvalue weighted by Gasteiger charge is 2.49. The van der Waals surface area contributed by atoms with E-state index in [-0.39, 0.29) is 29.5 Å². The van der Waals surface area contributed by atoms with Gasteiger partial charge in [-0.1, -0.05) is 25.0 Å². The van der Waals surface area contributed by atoms with Gasteiger partial charge in [0.1, 0.15) is 0 Å². The van der Waals surface area contributed by atoms with Crippen LogP contribution in [0.25, 0.3) is 0 Å². The molecule has 0 unspecified atom stereocenters. The normalized spacial score (nSPS) is 26.7. The summed E-state index contributed by atoms with van der Waals surface area (Å²) in [6.07, 6.45) is 4.44. The molecule has 1 aliphatic carbocycles. The van der Waals surface area contributed by atoms with E-state index >= 15 is 0 Å². The summed E-state index contributed by atoms with van der Waals surface area (Å²) >= 11 is 0. The zero-order valence-electron chi connectivity index (χ0n) is 12.9. The lowest BCUT2D eigenvalue weighted by atomic mass is 9.67. The number of nitrogens with one attached hydrogen (secondary N) is 2. The first kappa shape index (κ1) is 17.0. The lowest BCUT2D eigenvalue weighted by Gasteiger charge is -2.37. The molecule has 120 valence electrons. The molecule has 22 heavy (non-hydrogen) atoms. The first-order valence-electron chi connectivity index (χ1n) is 7.75. The monoisotopic (exact) mass is 322 g/mol. The van der Waals surface area contributed by atoms with Crippen molar-refractivity contribution < 1.29 is 9.59 Å². The van der Waals surface area contributed by atoms with Crippen LogP contribution in [0.1, 0.15) is 43.0 Å². The van der Waals surface area contributed by atoms with E-state index in [0.29, 0.717) is 11.5 Å². The second-order valence-electron chi connectivity index (χ2n) is 6.32. The predicted molar refractivity (Wildman–Crippen MR) is 89.6 cm³/mol. The Labute approximate surface area is 137 Å². The SMILES string of the molecule is CC(=O)c1cccc(NC(=O)[C@@]23CCCC[C@H]2CNC3)c1.Cl. The lowest BCUT2D eigenvalue weighted by molar-refractivity contribution is -0.128. The molecule has 1 saturated heterocycles. The average Bonchev–Trinajstić information content (AvgIpc) is 2.92. The zero-order chi connectivity index (χ0) is 14.9. The molecule has 0 spiro atoms. The number of hydrogen-bond acceptors (Lipinski definition) is 3. The molecule has 2 fully saturated rings. The summed E-state index contributed by atoms with van der Waals surface area (Å²) in [5, 5.41) is 6.42. The van der Waals surface area contributed by atoms with Gasteiger partial charge in [-0.3, -0.25) is 9.59 Å². The lowest BCUT2D eigenvalue weighted by Crippen LogP contribution is -2.44. The van der Waals surface area contributed by atoms with Gasteiger partial charge in [0.15, 0.2) is 5.78 Å². The highest BCUT2D eigenvalue weighted by molar-refractivity contribution is 5.99. The molecule has 5 heteroatoms. The van der Waals surface area contributed by atoms with E-state index in [9.17, 15) is 9.59 Å². The number of ketones is 1. The van der Waals surface area contributed by atoms with Crippen molar-refractivity contribution >= 4 is 29.8 Å². The number of Topliss-reactive ketones (excluding diaryl/α,β-unsaturated/α-hetero) is 1. The Kier molecular flexibility index (Phi) is 5.24. The maximum atomic E-state index is 12.8. The molecule has 0 bridgehead atoms. The summed E-state index contributed by atoms with van der Waals surface area (Å²) in [4.78, 5) is 24.3. The van der Waals surface area contributed by atoms with Crippen molar-refractivity contribution in [1.82, 2.24) is 5.32 Å². The number of amides is 1. The molecular formula is C17H23ClN2O2. The van der Waals surface area contributed by atoms with E-state index in [1.54, 1.807) is 12.1 Å². The highest BCUT2D eigenvalue weighted by atomic mass is 35.5. The van der Waals surface area contributed by atoms with Crippen LogP contribution in [0.2, 0.25) is 0 Å². The second kappa shape index (κ2) is 6.80. The first-order chi connectivity index (χ1) is 10.1. The quantitative estimate of drug-likeness (QED) is 0.841. The van der Waals surface area contributed by atoms with Gasteiger partial charge in [0.05, 0.1) is 5.41 Å². The van der Waals surface area contributed by atoms with Crippen LogP contribution in [0, 0.1) is 11.3 Å². The van der Waals surface area contributed by atoms with Crippen LogP contribution in [-0.2, 0) is 4.79 Å². The van der Waals surface area contributed by atoms with Crippen LogP contribution in [-0.4, -0.2) is 24.8 Å². The maximum Gasteiger partial charge on any atom is 0.232 e. The Morgan fingerprint density at radius 2 is 2.14 bits per heavy atom. The van der Waals surface area contributed by atoms with E-state index < -0.39 is 0 Å². The third-order valence-corrected chi connectivity index (χ3v) is 5.02. The minimum Gasteiger partial charge on any atom is -0.326 e. The molecule has 1 aromatic carbocycles. The Morgan fingerprint density at radius 1 is 1.32 bits per heavy atom. The molecule has 3 rings (SSSR count). The summed E-state index contributed by atoms with van der Waals surface area (Å²) in [7, 11) is 0. The molecule has 2 aliphatic rings. The van der Waals surface area contributed by atoms with Crippen LogP contribution in [0.5, 0.6) is 0 Å². The Balaban J connectivity index is 0.00000176. The minimum absolute atomic E-state index is 0. The standard InChI is InChI=1S/C17H22N2O2.ClH/c1-12(20)13-5-4-7-15(9-13)19-16(21)17-8-3-2-6-14(17)10-18-11-17;/h4-5,7,9,14,18H,2-3,6,8,10-11H2,1H3,(H,19,21);1H/t14-,17+;/m0./s1. The van der Waals surface area contributed by atoms with Gasteiger partial charge in [0.2, 0.25) is 5.91 Å². The largest absolute Gasteiger partial charge is 0.326 e. The summed E-state index contributed by atoms with van der Waals surface area (Å²) in [6, 6.07) is 7.20. The third-order valence-electron chi connectivity index (χ3n) is 5.02. The third kappa shape index (κ3) is 3.03. The molecule has 1 aliphatic heterocycles. The van der Waals surface area contributed by atoms with Crippen molar-refractivity contribution in [3.05, 3.63) is 29.8 Å². The van der Waals surface area contributed by atoms with Crippen molar-refractivity contribution in [2.45, 2.75) is 32.6 Å². The van der Waals surface area contributed by atoms with Gasteiger partial charge >= 0.3 is 0 Å². The number of fused-ring (bicyclic) bond motifs is 1. The van der Waals surface area contributed by atoms with Crippen LogP contribution in [0.15, 0.2) is 24.3 Å². The fourth-order valence-corrected chi connectivity index (χ4v) is 3.76. The summed E-state index contributed by atoms with van der Waals surface area (Å²) in [5.74, 6) is 0.572. The molecule has 2 atom stereocenters. The number of carbonyl (C=O) groups is 2. The summed E-state index contributed by atoms with van der Waals surface area (Å²) in [6.45, 7) is 3.26. The minimum atomic E-state index is -0.259. The van der Waals surface area contributed by atoms with Crippen molar-refractivity contribution in [3.63, 3.8) is 0 Å². The molecule has 0 radical (unpaired) electrons. The van der Waals surface area contributed by atoms with Gasteiger partial charge in [-0.2, -0.15) is 0 Å². The number of carbonyl (C=O) groups excluding carboxylic acids is 2. The smallest absolute Gasteiger partial charge is 0.232 e. The predicted octanol–water partition coefficient (Wildman–Crippen LogP) is 3.03. The van der Waals surface area contributed by atoms with E-state index in [2.05, 4.69) is 10.6 Å². The van der Waals surface area contributed by atoms with Crippen molar-refractivity contribution in [2.75, 3.05) is 18.4 Å². The fraction of sp³-hybridized carbons (Fsp3) is 0.529. The Hall–Kier alpha value is -1.39. The van der Waals surface area contributed by atoms with Crippen LogP contribution in [0.3, 0.4) is 0 Å². The molecule has 0 aromatic heterocycles.